The molecule has 1 aliphatic rings. The number of benzene rings is 2. The first kappa shape index (κ1) is 17.3. The molecular weight excluding hydrogens is 342 g/mol. The van der Waals surface area contributed by atoms with Gasteiger partial charge in [-0.05, 0) is 35.7 Å². The van der Waals surface area contributed by atoms with Crippen molar-refractivity contribution in [3.63, 3.8) is 0 Å². The Kier molecular flexibility index (Phi) is 4.87. The number of hydrogen-bond donors (Lipinski definition) is 1. The first-order valence-corrected chi connectivity index (χ1v) is 9.14. The van der Waals surface area contributed by atoms with E-state index in [1.807, 2.05) is 42.5 Å². The monoisotopic (exact) mass is 363 g/mol. The molecule has 0 saturated heterocycles. The summed E-state index contributed by atoms with van der Waals surface area (Å²) < 4.78 is 7.07. The summed E-state index contributed by atoms with van der Waals surface area (Å²) in [7, 11) is 0. The molecule has 0 unspecified atom stereocenters. The third kappa shape index (κ3) is 4.34. The van der Waals surface area contributed by atoms with Crippen molar-refractivity contribution in [2.75, 3.05) is 13.2 Å². The Hall–Kier alpha value is -3.15. The van der Waals surface area contributed by atoms with Crippen molar-refractivity contribution in [1.29, 1.82) is 0 Å². The van der Waals surface area contributed by atoms with Crippen LogP contribution >= 0.6 is 0 Å². The molecule has 0 aliphatic heterocycles. The van der Waals surface area contributed by atoms with Gasteiger partial charge in [0.15, 0.2) is 6.61 Å². The molecule has 0 atom stereocenters. The summed E-state index contributed by atoms with van der Waals surface area (Å²) in [6, 6.07) is 15.3. The third-order valence-corrected chi connectivity index (χ3v) is 4.66. The van der Waals surface area contributed by atoms with Crippen LogP contribution < -0.4 is 15.6 Å². The lowest BCUT2D eigenvalue weighted by Crippen LogP contribution is -2.33. The number of aromatic nitrogens is 2. The molecule has 27 heavy (non-hydrogen) atoms. The number of hydrogen-bond acceptors (Lipinski definition) is 4. The standard InChI is InChI=1S/C21H21N3O3/c25-20(13-27-18-8-7-15-3-1-2-4-17(15)11-18)22-9-10-24-14-23-19(12-21(24)26)16-5-6-16/h1-4,7-8,11-12,14,16H,5-6,9-10,13H2,(H,22,25). The minimum Gasteiger partial charge on any atom is -0.484 e. The molecule has 1 fully saturated rings. The minimum absolute atomic E-state index is 0.0634. The first-order chi connectivity index (χ1) is 13.2. The Bertz CT molecular complexity index is 1020. The summed E-state index contributed by atoms with van der Waals surface area (Å²) in [5.74, 6) is 0.887. The van der Waals surface area contributed by atoms with Crippen molar-refractivity contribution in [2.45, 2.75) is 25.3 Å². The van der Waals surface area contributed by atoms with Crippen molar-refractivity contribution in [1.82, 2.24) is 14.9 Å². The van der Waals surface area contributed by atoms with Gasteiger partial charge >= 0.3 is 0 Å². The summed E-state index contributed by atoms with van der Waals surface area (Å²) in [6.07, 6.45) is 3.79. The number of carbonyl (C=O) groups is 1. The van der Waals surface area contributed by atoms with Crippen LogP contribution in [-0.2, 0) is 11.3 Å². The molecule has 1 amide bonds. The van der Waals surface area contributed by atoms with E-state index >= 15 is 0 Å². The largest absolute Gasteiger partial charge is 0.484 e. The molecule has 1 saturated carbocycles. The molecule has 0 bridgehead atoms. The van der Waals surface area contributed by atoms with Crippen molar-refractivity contribution in [2.24, 2.45) is 0 Å². The Morgan fingerprint density at radius 1 is 1.15 bits per heavy atom. The fourth-order valence-electron chi connectivity index (χ4n) is 2.98. The smallest absolute Gasteiger partial charge is 0.258 e. The Morgan fingerprint density at radius 2 is 1.96 bits per heavy atom. The predicted molar refractivity (Wildman–Crippen MR) is 103 cm³/mol. The normalized spacial score (nSPS) is 13.5. The van der Waals surface area contributed by atoms with Gasteiger partial charge in [-0.1, -0.05) is 30.3 Å². The van der Waals surface area contributed by atoms with Crippen molar-refractivity contribution in [3.8, 4) is 5.75 Å². The summed E-state index contributed by atoms with van der Waals surface area (Å²) in [5.41, 5.74) is 0.803. The van der Waals surface area contributed by atoms with Gasteiger partial charge in [-0.3, -0.25) is 14.2 Å². The number of carbonyl (C=O) groups excluding carboxylic acids is 1. The van der Waals surface area contributed by atoms with E-state index in [1.54, 1.807) is 12.4 Å². The van der Waals surface area contributed by atoms with E-state index in [0.29, 0.717) is 24.8 Å². The fraction of sp³-hybridized carbons (Fsp3) is 0.286. The molecule has 4 rings (SSSR count). The highest BCUT2D eigenvalue weighted by Gasteiger charge is 2.25. The van der Waals surface area contributed by atoms with E-state index < -0.39 is 0 Å². The van der Waals surface area contributed by atoms with E-state index in [0.717, 1.165) is 29.3 Å². The number of nitrogens with one attached hydrogen (secondary N) is 1. The highest BCUT2D eigenvalue weighted by molar-refractivity contribution is 5.84. The lowest BCUT2D eigenvalue weighted by Gasteiger charge is -2.09. The third-order valence-electron chi connectivity index (χ3n) is 4.66. The zero-order chi connectivity index (χ0) is 18.6. The highest BCUT2D eigenvalue weighted by Crippen LogP contribution is 2.38. The molecule has 0 radical (unpaired) electrons. The molecule has 3 aromatic rings. The summed E-state index contributed by atoms with van der Waals surface area (Å²) >= 11 is 0. The van der Waals surface area contributed by atoms with Gasteiger partial charge in [0.2, 0.25) is 0 Å². The van der Waals surface area contributed by atoms with Gasteiger partial charge in [0.1, 0.15) is 5.75 Å². The predicted octanol–water partition coefficient (Wildman–Crippen LogP) is 2.47. The maximum Gasteiger partial charge on any atom is 0.258 e. The van der Waals surface area contributed by atoms with E-state index in [4.69, 9.17) is 4.74 Å². The van der Waals surface area contributed by atoms with E-state index in [9.17, 15) is 9.59 Å². The number of amides is 1. The molecule has 1 aromatic heterocycles. The van der Waals surface area contributed by atoms with Gasteiger partial charge in [0.05, 0.1) is 12.0 Å². The zero-order valence-electron chi connectivity index (χ0n) is 14.9. The minimum atomic E-state index is -0.223. The van der Waals surface area contributed by atoms with E-state index in [-0.39, 0.29) is 18.1 Å². The molecule has 138 valence electrons. The van der Waals surface area contributed by atoms with Gasteiger partial charge < -0.3 is 10.1 Å². The first-order valence-electron chi connectivity index (χ1n) is 9.14. The van der Waals surface area contributed by atoms with Gasteiger partial charge in [0, 0.05) is 25.1 Å². The fourth-order valence-corrected chi connectivity index (χ4v) is 2.98. The second kappa shape index (κ2) is 7.61. The number of ether oxygens (including phenoxy) is 1. The molecule has 2 aromatic carbocycles. The summed E-state index contributed by atoms with van der Waals surface area (Å²) in [5, 5.41) is 4.96. The Labute approximate surface area is 156 Å². The van der Waals surface area contributed by atoms with Crippen LogP contribution in [0.2, 0.25) is 0 Å². The van der Waals surface area contributed by atoms with Crippen LogP contribution in [-0.4, -0.2) is 28.6 Å². The van der Waals surface area contributed by atoms with Gasteiger partial charge in [-0.25, -0.2) is 4.98 Å². The van der Waals surface area contributed by atoms with Crippen molar-refractivity contribution >= 4 is 16.7 Å². The van der Waals surface area contributed by atoms with Crippen LogP contribution in [0.5, 0.6) is 5.75 Å². The maximum atomic E-state index is 12.1. The lowest BCUT2D eigenvalue weighted by atomic mass is 10.1. The molecule has 1 aliphatic carbocycles. The van der Waals surface area contributed by atoms with Gasteiger partial charge in [-0.15, -0.1) is 0 Å². The SMILES string of the molecule is O=C(COc1ccc2ccccc2c1)NCCn1cnc(C2CC2)cc1=O. The summed E-state index contributed by atoms with van der Waals surface area (Å²) in [6.45, 7) is 0.675. The lowest BCUT2D eigenvalue weighted by molar-refractivity contribution is -0.123. The van der Waals surface area contributed by atoms with Crippen LogP contribution in [0.25, 0.3) is 10.8 Å². The average Bonchev–Trinajstić information content (AvgIpc) is 3.53. The van der Waals surface area contributed by atoms with Crippen molar-refractivity contribution < 1.29 is 9.53 Å². The van der Waals surface area contributed by atoms with Crippen LogP contribution in [0.3, 0.4) is 0 Å². The maximum absolute atomic E-state index is 12.1. The Balaban J connectivity index is 1.25. The van der Waals surface area contributed by atoms with E-state index in [2.05, 4.69) is 10.3 Å². The quantitative estimate of drug-likeness (QED) is 0.700. The summed E-state index contributed by atoms with van der Waals surface area (Å²) in [4.78, 5) is 28.3. The number of rotatable bonds is 7. The molecule has 6 heteroatoms. The number of fused-ring (bicyclic) bond motifs is 1. The number of nitrogens with zero attached hydrogens (tertiary/aromatic N) is 2. The molecule has 0 spiro atoms. The topological polar surface area (TPSA) is 73.2 Å². The molecule has 6 nitrogen and oxygen atoms in total. The van der Waals surface area contributed by atoms with E-state index in [1.165, 1.54) is 4.57 Å². The highest BCUT2D eigenvalue weighted by atomic mass is 16.5. The van der Waals surface area contributed by atoms with Crippen LogP contribution in [0.15, 0.2) is 59.7 Å². The zero-order valence-corrected chi connectivity index (χ0v) is 14.9. The molecule has 1 heterocycles. The van der Waals surface area contributed by atoms with Crippen LogP contribution in [0.1, 0.15) is 24.5 Å². The van der Waals surface area contributed by atoms with Crippen LogP contribution in [0.4, 0.5) is 0 Å². The Morgan fingerprint density at radius 3 is 2.74 bits per heavy atom. The van der Waals surface area contributed by atoms with Gasteiger partial charge in [-0.2, -0.15) is 0 Å². The van der Waals surface area contributed by atoms with Crippen LogP contribution in [0, 0.1) is 0 Å². The molecule has 1 N–H and O–H groups in total. The van der Waals surface area contributed by atoms with Gasteiger partial charge in [0.25, 0.3) is 11.5 Å². The van der Waals surface area contributed by atoms with Crippen molar-refractivity contribution in [3.05, 3.63) is 70.9 Å². The second-order valence-electron chi connectivity index (χ2n) is 6.77. The second-order valence-corrected chi connectivity index (χ2v) is 6.77. The molecular formula is C21H21N3O3. The average molecular weight is 363 g/mol.